The number of halogens is 2. The maximum atomic E-state index is 6.23. The van der Waals surface area contributed by atoms with Crippen molar-refractivity contribution in [1.82, 2.24) is 14.5 Å². The monoisotopic (exact) mass is 311 g/mol. The molecule has 1 aromatic carbocycles. The van der Waals surface area contributed by atoms with Gasteiger partial charge in [-0.1, -0.05) is 11.6 Å². The molecule has 0 bridgehead atoms. The first-order chi connectivity index (χ1) is 9.15. The number of fused-ring (bicyclic) bond motifs is 1. The van der Waals surface area contributed by atoms with E-state index < -0.39 is 0 Å². The number of aromatic nitrogens is 3. The summed E-state index contributed by atoms with van der Waals surface area (Å²) >= 11 is 13.9. The minimum atomic E-state index is -0.162. The van der Waals surface area contributed by atoms with Gasteiger partial charge in [0.2, 0.25) is 0 Å². The van der Waals surface area contributed by atoms with Crippen LogP contribution in [0.3, 0.4) is 0 Å². The van der Waals surface area contributed by atoms with Gasteiger partial charge in [0.1, 0.15) is 5.82 Å². The van der Waals surface area contributed by atoms with Crippen molar-refractivity contribution in [3.05, 3.63) is 45.6 Å². The van der Waals surface area contributed by atoms with E-state index in [1.807, 2.05) is 36.0 Å². The van der Waals surface area contributed by atoms with Crippen LogP contribution in [0.25, 0.3) is 11.0 Å². The number of nitrogens with zero attached hydrogens (tertiary/aromatic N) is 3. The van der Waals surface area contributed by atoms with E-state index in [1.165, 1.54) is 0 Å². The van der Waals surface area contributed by atoms with E-state index in [9.17, 15) is 0 Å². The molecule has 0 aliphatic heterocycles. The van der Waals surface area contributed by atoms with Crippen LogP contribution < -0.4 is 0 Å². The van der Waals surface area contributed by atoms with Crippen LogP contribution >= 0.6 is 34.5 Å². The zero-order chi connectivity index (χ0) is 13.4. The van der Waals surface area contributed by atoms with Crippen LogP contribution in [-0.2, 0) is 6.54 Å². The Kier molecular flexibility index (Phi) is 3.48. The molecule has 0 radical (unpaired) electrons. The fourth-order valence-corrected chi connectivity index (χ4v) is 2.94. The lowest BCUT2D eigenvalue weighted by Crippen LogP contribution is -2.05. The summed E-state index contributed by atoms with van der Waals surface area (Å²) < 4.78 is 2.08. The maximum Gasteiger partial charge on any atom is 0.128 e. The molecule has 0 saturated heterocycles. The van der Waals surface area contributed by atoms with Gasteiger partial charge in [0.15, 0.2) is 0 Å². The quantitative estimate of drug-likeness (QED) is 0.667. The van der Waals surface area contributed by atoms with Crippen LogP contribution in [0.1, 0.15) is 23.8 Å². The van der Waals surface area contributed by atoms with E-state index in [1.54, 1.807) is 11.3 Å². The molecule has 6 heteroatoms. The van der Waals surface area contributed by atoms with Crippen molar-refractivity contribution in [2.24, 2.45) is 0 Å². The highest BCUT2D eigenvalue weighted by Crippen LogP contribution is 2.27. The molecule has 98 valence electrons. The van der Waals surface area contributed by atoms with Gasteiger partial charge in [0.05, 0.1) is 34.2 Å². The van der Waals surface area contributed by atoms with Crippen molar-refractivity contribution in [1.29, 1.82) is 0 Å². The summed E-state index contributed by atoms with van der Waals surface area (Å²) in [6.07, 6.45) is 0. The van der Waals surface area contributed by atoms with E-state index in [0.29, 0.717) is 11.6 Å². The van der Waals surface area contributed by atoms with Gasteiger partial charge in [0.25, 0.3) is 0 Å². The van der Waals surface area contributed by atoms with E-state index in [2.05, 4.69) is 14.5 Å². The molecule has 1 atom stereocenters. The Morgan fingerprint density at radius 2 is 2.26 bits per heavy atom. The topological polar surface area (TPSA) is 30.7 Å². The number of benzene rings is 1. The minimum Gasteiger partial charge on any atom is -0.321 e. The number of alkyl halides is 1. The summed E-state index contributed by atoms with van der Waals surface area (Å²) in [7, 11) is 0. The molecule has 3 nitrogen and oxygen atoms in total. The summed E-state index contributed by atoms with van der Waals surface area (Å²) in [5.74, 6) is 0.840. The Bertz CT molecular complexity index is 704. The van der Waals surface area contributed by atoms with Gasteiger partial charge in [-0.2, -0.15) is 0 Å². The maximum absolute atomic E-state index is 6.23. The zero-order valence-corrected chi connectivity index (χ0v) is 12.5. The van der Waals surface area contributed by atoms with Crippen LogP contribution in [0.4, 0.5) is 0 Å². The molecule has 0 saturated carbocycles. The third-order valence-corrected chi connectivity index (χ3v) is 3.96. The Morgan fingerprint density at radius 3 is 2.95 bits per heavy atom. The predicted octanol–water partition coefficient (Wildman–Crippen LogP) is 4.49. The highest BCUT2D eigenvalue weighted by Gasteiger charge is 2.15. The molecule has 0 spiro atoms. The van der Waals surface area contributed by atoms with E-state index in [4.69, 9.17) is 23.2 Å². The number of thiazole rings is 1. The summed E-state index contributed by atoms with van der Waals surface area (Å²) in [5, 5.41) is 2.56. The molecular formula is C13H11Cl2N3S. The molecule has 0 fully saturated rings. The van der Waals surface area contributed by atoms with Crippen molar-refractivity contribution >= 4 is 45.6 Å². The Hall–Kier alpha value is -1.10. The van der Waals surface area contributed by atoms with E-state index >= 15 is 0 Å². The van der Waals surface area contributed by atoms with Crippen molar-refractivity contribution in [3.8, 4) is 0 Å². The van der Waals surface area contributed by atoms with Crippen LogP contribution in [0, 0.1) is 0 Å². The third-order valence-electron chi connectivity index (χ3n) is 2.90. The number of imidazole rings is 1. The van der Waals surface area contributed by atoms with Gasteiger partial charge in [-0.3, -0.25) is 0 Å². The normalized spacial score (nSPS) is 13.0. The summed E-state index contributed by atoms with van der Waals surface area (Å²) in [4.78, 5) is 8.90. The second-order valence-corrected chi connectivity index (χ2v) is 6.09. The molecular weight excluding hydrogens is 301 g/mol. The smallest absolute Gasteiger partial charge is 0.128 e. The summed E-state index contributed by atoms with van der Waals surface area (Å²) in [6.45, 7) is 2.58. The second-order valence-electron chi connectivity index (χ2n) is 4.28. The molecule has 1 unspecified atom stereocenters. The zero-order valence-electron chi connectivity index (χ0n) is 10.2. The van der Waals surface area contributed by atoms with Crippen LogP contribution in [0.5, 0.6) is 0 Å². The molecule has 0 N–H and O–H groups in total. The average molecular weight is 312 g/mol. The minimum absolute atomic E-state index is 0.162. The fraction of sp³-hybridized carbons (Fsp3) is 0.231. The van der Waals surface area contributed by atoms with Gasteiger partial charge in [-0.25, -0.2) is 9.97 Å². The molecule has 0 aliphatic rings. The molecule has 3 rings (SSSR count). The Balaban J connectivity index is 2.18. The van der Waals surface area contributed by atoms with Crippen molar-refractivity contribution in [2.75, 3.05) is 0 Å². The van der Waals surface area contributed by atoms with Crippen molar-refractivity contribution in [2.45, 2.75) is 18.8 Å². The van der Waals surface area contributed by atoms with E-state index in [-0.39, 0.29) is 5.38 Å². The SMILES string of the molecule is CC(Cl)c1nc2ccc(Cl)cc2n1Cc1cscn1. The lowest BCUT2D eigenvalue weighted by Gasteiger charge is -2.09. The van der Waals surface area contributed by atoms with Crippen LogP contribution in [0.15, 0.2) is 29.1 Å². The molecule has 0 amide bonds. The first-order valence-corrected chi connectivity index (χ1v) is 7.57. The van der Waals surface area contributed by atoms with Gasteiger partial charge < -0.3 is 4.57 Å². The molecule has 2 heterocycles. The Morgan fingerprint density at radius 1 is 1.42 bits per heavy atom. The lowest BCUT2D eigenvalue weighted by molar-refractivity contribution is 0.731. The molecule has 3 aromatic rings. The van der Waals surface area contributed by atoms with Gasteiger partial charge in [-0.05, 0) is 25.1 Å². The standard InChI is InChI=1S/C13H11Cl2N3S/c1-8(14)13-17-11-3-2-9(15)4-12(11)18(13)5-10-6-19-7-16-10/h2-4,6-8H,5H2,1H3. The number of hydrogen-bond acceptors (Lipinski definition) is 3. The largest absolute Gasteiger partial charge is 0.321 e. The summed E-state index contributed by atoms with van der Waals surface area (Å²) in [5.41, 5.74) is 4.72. The average Bonchev–Trinajstić information content (AvgIpc) is 2.98. The van der Waals surface area contributed by atoms with Crippen molar-refractivity contribution in [3.63, 3.8) is 0 Å². The first-order valence-electron chi connectivity index (χ1n) is 5.82. The highest BCUT2D eigenvalue weighted by atomic mass is 35.5. The fourth-order valence-electron chi connectivity index (χ4n) is 2.06. The predicted molar refractivity (Wildman–Crippen MR) is 80.2 cm³/mol. The first kappa shape index (κ1) is 12.9. The third kappa shape index (κ3) is 2.48. The van der Waals surface area contributed by atoms with Gasteiger partial charge >= 0.3 is 0 Å². The second kappa shape index (κ2) is 5.12. The van der Waals surface area contributed by atoms with E-state index in [0.717, 1.165) is 22.6 Å². The Labute approximate surface area is 124 Å². The van der Waals surface area contributed by atoms with Gasteiger partial charge in [-0.15, -0.1) is 22.9 Å². The molecule has 2 aromatic heterocycles. The van der Waals surface area contributed by atoms with Gasteiger partial charge in [0, 0.05) is 10.4 Å². The van der Waals surface area contributed by atoms with Crippen molar-refractivity contribution < 1.29 is 0 Å². The number of hydrogen-bond donors (Lipinski definition) is 0. The molecule has 19 heavy (non-hydrogen) atoms. The highest BCUT2D eigenvalue weighted by molar-refractivity contribution is 7.07. The van der Waals surface area contributed by atoms with Crippen LogP contribution in [0.2, 0.25) is 5.02 Å². The summed E-state index contributed by atoms with van der Waals surface area (Å²) in [6, 6.07) is 5.67. The number of rotatable bonds is 3. The molecule has 0 aliphatic carbocycles. The lowest BCUT2D eigenvalue weighted by atomic mass is 10.3. The van der Waals surface area contributed by atoms with Crippen LogP contribution in [-0.4, -0.2) is 14.5 Å².